The van der Waals surface area contributed by atoms with Gasteiger partial charge in [0.2, 0.25) is 0 Å². The molecule has 0 rings (SSSR count). The number of rotatable bonds is 4. The topological polar surface area (TPSA) is 29.5 Å². The van der Waals surface area contributed by atoms with Gasteiger partial charge in [-0.25, -0.2) is 0 Å². The minimum absolute atomic E-state index is 0.339. The second kappa shape index (κ2) is 5.54. The number of ether oxygens (including phenoxy) is 1. The van der Waals surface area contributed by atoms with Crippen molar-refractivity contribution in [3.63, 3.8) is 0 Å². The molecule has 3 heteroatoms. The van der Waals surface area contributed by atoms with Crippen LogP contribution in [0.25, 0.3) is 0 Å². The van der Waals surface area contributed by atoms with Crippen LogP contribution in [-0.4, -0.2) is 29.8 Å². The highest BCUT2D eigenvalue weighted by molar-refractivity contribution is 9.09. The highest BCUT2D eigenvalue weighted by atomic mass is 79.9. The van der Waals surface area contributed by atoms with Crippen LogP contribution in [0.15, 0.2) is 0 Å². The first kappa shape index (κ1) is 8.40. The van der Waals surface area contributed by atoms with Crippen molar-refractivity contribution < 1.29 is 9.84 Å². The molecule has 0 radical (unpaired) electrons. The molecule has 0 aromatic carbocycles. The lowest BCUT2D eigenvalue weighted by atomic mass is 10.4. The van der Waals surface area contributed by atoms with Crippen LogP contribution in [0.4, 0.5) is 0 Å². The normalized spacial score (nSPS) is 13.9. The minimum atomic E-state index is -0.339. The number of alkyl halides is 1. The van der Waals surface area contributed by atoms with E-state index in [0.717, 1.165) is 5.33 Å². The van der Waals surface area contributed by atoms with E-state index >= 15 is 0 Å². The first-order valence-corrected chi connectivity index (χ1v) is 3.71. The standard InChI is InChI=1S/C5H11BrO2/c1-5(7)4-8-3-2-6/h5,7H,2-4H2,1H3. The van der Waals surface area contributed by atoms with Crippen LogP contribution < -0.4 is 0 Å². The Kier molecular flexibility index (Phi) is 5.81. The van der Waals surface area contributed by atoms with Gasteiger partial charge in [-0.1, -0.05) is 15.9 Å². The van der Waals surface area contributed by atoms with Gasteiger partial charge >= 0.3 is 0 Å². The summed E-state index contributed by atoms with van der Waals surface area (Å²) in [6, 6.07) is 0. The van der Waals surface area contributed by atoms with E-state index in [-0.39, 0.29) is 6.10 Å². The van der Waals surface area contributed by atoms with Crippen LogP contribution in [0.2, 0.25) is 0 Å². The summed E-state index contributed by atoms with van der Waals surface area (Å²) in [5, 5.41) is 9.47. The fourth-order valence-electron chi connectivity index (χ4n) is 0.308. The number of hydrogen-bond acceptors (Lipinski definition) is 2. The largest absolute Gasteiger partial charge is 0.391 e. The smallest absolute Gasteiger partial charge is 0.0745 e. The summed E-state index contributed by atoms with van der Waals surface area (Å²) < 4.78 is 4.95. The Hall–Kier alpha value is 0.400. The van der Waals surface area contributed by atoms with Crippen molar-refractivity contribution in [2.45, 2.75) is 13.0 Å². The van der Waals surface area contributed by atoms with Crippen molar-refractivity contribution in [3.05, 3.63) is 0 Å². The molecule has 0 saturated heterocycles. The van der Waals surface area contributed by atoms with Crippen molar-refractivity contribution in [1.29, 1.82) is 0 Å². The zero-order chi connectivity index (χ0) is 6.41. The van der Waals surface area contributed by atoms with Gasteiger partial charge in [0.15, 0.2) is 0 Å². The number of hydrogen-bond donors (Lipinski definition) is 1. The summed E-state index contributed by atoms with van der Waals surface area (Å²) in [4.78, 5) is 0. The van der Waals surface area contributed by atoms with Gasteiger partial charge in [0.05, 0.1) is 19.3 Å². The lowest BCUT2D eigenvalue weighted by Crippen LogP contribution is -2.11. The summed E-state index contributed by atoms with van der Waals surface area (Å²) in [6.07, 6.45) is -0.339. The molecule has 0 fully saturated rings. The Labute approximate surface area is 58.0 Å². The number of halogens is 1. The van der Waals surface area contributed by atoms with E-state index < -0.39 is 0 Å². The number of aliphatic hydroxyl groups is 1. The summed E-state index contributed by atoms with van der Waals surface area (Å²) in [5.41, 5.74) is 0. The predicted molar refractivity (Wildman–Crippen MR) is 36.3 cm³/mol. The van der Waals surface area contributed by atoms with E-state index in [1.807, 2.05) is 0 Å². The number of aliphatic hydroxyl groups excluding tert-OH is 1. The monoisotopic (exact) mass is 182 g/mol. The van der Waals surface area contributed by atoms with Crippen molar-refractivity contribution in [3.8, 4) is 0 Å². The Balaban J connectivity index is 2.72. The van der Waals surface area contributed by atoms with E-state index in [4.69, 9.17) is 9.84 Å². The van der Waals surface area contributed by atoms with Crippen LogP contribution in [0.3, 0.4) is 0 Å². The first-order chi connectivity index (χ1) is 3.77. The molecule has 1 atom stereocenters. The van der Waals surface area contributed by atoms with Gasteiger partial charge in [0, 0.05) is 5.33 Å². The van der Waals surface area contributed by atoms with E-state index in [1.165, 1.54) is 0 Å². The van der Waals surface area contributed by atoms with Gasteiger partial charge in [0.25, 0.3) is 0 Å². The molecule has 0 heterocycles. The van der Waals surface area contributed by atoms with Gasteiger partial charge < -0.3 is 9.84 Å². The Bertz CT molecular complexity index is 47.7. The molecule has 0 spiro atoms. The third-order valence-electron chi connectivity index (χ3n) is 0.581. The highest BCUT2D eigenvalue weighted by Gasteiger charge is 1.91. The van der Waals surface area contributed by atoms with Crippen molar-refractivity contribution in [2.75, 3.05) is 18.5 Å². The molecule has 0 aromatic heterocycles. The third-order valence-corrected chi connectivity index (χ3v) is 0.904. The van der Waals surface area contributed by atoms with Gasteiger partial charge in [0.1, 0.15) is 0 Å². The van der Waals surface area contributed by atoms with E-state index in [9.17, 15) is 0 Å². The molecule has 0 aliphatic rings. The zero-order valence-corrected chi connectivity index (χ0v) is 6.52. The van der Waals surface area contributed by atoms with Crippen molar-refractivity contribution in [1.82, 2.24) is 0 Å². The van der Waals surface area contributed by atoms with Gasteiger partial charge in [-0.2, -0.15) is 0 Å². The van der Waals surface area contributed by atoms with E-state index in [0.29, 0.717) is 13.2 Å². The Morgan fingerprint density at radius 3 is 2.75 bits per heavy atom. The van der Waals surface area contributed by atoms with Crippen LogP contribution >= 0.6 is 15.9 Å². The fourth-order valence-corrected chi connectivity index (χ4v) is 0.537. The van der Waals surface area contributed by atoms with E-state index in [2.05, 4.69) is 15.9 Å². The average Bonchev–Trinajstić information content (AvgIpc) is 1.66. The molecule has 0 saturated carbocycles. The maximum absolute atomic E-state index is 8.64. The molecular weight excluding hydrogens is 172 g/mol. The molecule has 0 aliphatic carbocycles. The lowest BCUT2D eigenvalue weighted by molar-refractivity contribution is 0.0542. The Morgan fingerprint density at radius 1 is 1.75 bits per heavy atom. The van der Waals surface area contributed by atoms with Gasteiger partial charge in [-0.05, 0) is 6.92 Å². The molecule has 0 amide bonds. The second-order valence-corrected chi connectivity index (χ2v) is 2.41. The molecule has 1 unspecified atom stereocenters. The maximum atomic E-state index is 8.64. The van der Waals surface area contributed by atoms with Crippen LogP contribution in [-0.2, 0) is 4.74 Å². The van der Waals surface area contributed by atoms with Crippen LogP contribution in [0.5, 0.6) is 0 Å². The van der Waals surface area contributed by atoms with Crippen LogP contribution in [0.1, 0.15) is 6.92 Å². The van der Waals surface area contributed by atoms with Crippen molar-refractivity contribution >= 4 is 15.9 Å². The Morgan fingerprint density at radius 2 is 2.38 bits per heavy atom. The lowest BCUT2D eigenvalue weighted by Gasteiger charge is -2.02. The first-order valence-electron chi connectivity index (χ1n) is 2.59. The quantitative estimate of drug-likeness (QED) is 0.515. The summed E-state index contributed by atoms with van der Waals surface area (Å²) >= 11 is 3.19. The molecule has 0 aliphatic heterocycles. The zero-order valence-electron chi connectivity index (χ0n) is 4.93. The molecule has 8 heavy (non-hydrogen) atoms. The summed E-state index contributed by atoms with van der Waals surface area (Å²) in [5.74, 6) is 0. The molecule has 0 aromatic rings. The van der Waals surface area contributed by atoms with Gasteiger partial charge in [-0.3, -0.25) is 0 Å². The maximum Gasteiger partial charge on any atom is 0.0745 e. The highest BCUT2D eigenvalue weighted by Crippen LogP contribution is 1.84. The minimum Gasteiger partial charge on any atom is -0.391 e. The second-order valence-electron chi connectivity index (χ2n) is 1.61. The van der Waals surface area contributed by atoms with Crippen molar-refractivity contribution in [2.24, 2.45) is 0 Å². The SMILES string of the molecule is CC(O)COCCBr. The molecular formula is C5H11BrO2. The summed E-state index contributed by atoms with van der Waals surface area (Å²) in [7, 11) is 0. The van der Waals surface area contributed by atoms with Crippen LogP contribution in [0, 0.1) is 0 Å². The average molecular weight is 183 g/mol. The van der Waals surface area contributed by atoms with E-state index in [1.54, 1.807) is 6.92 Å². The molecule has 2 nitrogen and oxygen atoms in total. The fraction of sp³-hybridized carbons (Fsp3) is 1.00. The summed E-state index contributed by atoms with van der Waals surface area (Å²) in [6.45, 7) is 2.81. The van der Waals surface area contributed by atoms with Gasteiger partial charge in [-0.15, -0.1) is 0 Å². The third kappa shape index (κ3) is 6.40. The molecule has 1 N–H and O–H groups in total. The molecule has 0 bridgehead atoms. The predicted octanol–water partition coefficient (Wildman–Crippen LogP) is 0.779. The molecule has 50 valence electrons.